The number of methoxy groups -OCH3 is 1. The maximum atomic E-state index is 11.3. The molecular formula is C13H14BN3O2. The predicted molar refractivity (Wildman–Crippen MR) is 71.2 cm³/mol. The molecule has 0 saturated carbocycles. The van der Waals surface area contributed by atoms with Crippen molar-refractivity contribution >= 4 is 18.5 Å². The molecule has 0 aromatic carbocycles. The van der Waals surface area contributed by atoms with E-state index in [1.807, 2.05) is 6.07 Å². The largest absolute Gasteiger partial charge is 0.465 e. The van der Waals surface area contributed by atoms with Gasteiger partial charge in [-0.1, -0.05) is 12.6 Å². The molecular weight excluding hydrogens is 241 g/mol. The summed E-state index contributed by atoms with van der Waals surface area (Å²) in [5, 5.41) is 8.81. The van der Waals surface area contributed by atoms with E-state index in [0.717, 1.165) is 31.5 Å². The summed E-state index contributed by atoms with van der Waals surface area (Å²) < 4.78 is 4.64. The Morgan fingerprint density at radius 3 is 2.79 bits per heavy atom. The molecule has 0 N–H and O–H groups in total. The fourth-order valence-corrected chi connectivity index (χ4v) is 3.07. The van der Waals surface area contributed by atoms with E-state index in [1.54, 1.807) is 12.3 Å². The average molecular weight is 255 g/mol. The smallest absolute Gasteiger partial charge is 0.339 e. The highest BCUT2D eigenvalue weighted by Gasteiger charge is 2.54. The number of carbonyl (C=O) groups excluding carboxylic acids is 1. The van der Waals surface area contributed by atoms with Crippen LogP contribution in [-0.2, 0) is 4.74 Å². The number of pyridine rings is 1. The van der Waals surface area contributed by atoms with E-state index in [9.17, 15) is 4.79 Å². The van der Waals surface area contributed by atoms with Crippen molar-refractivity contribution in [3.63, 3.8) is 0 Å². The first kappa shape index (κ1) is 12.0. The summed E-state index contributed by atoms with van der Waals surface area (Å²) >= 11 is 0. The van der Waals surface area contributed by atoms with E-state index in [4.69, 9.17) is 5.26 Å². The first-order valence-corrected chi connectivity index (χ1v) is 6.35. The van der Waals surface area contributed by atoms with Crippen LogP contribution in [-0.4, -0.2) is 37.9 Å². The van der Waals surface area contributed by atoms with Crippen molar-refractivity contribution in [2.45, 2.75) is 12.6 Å². The lowest BCUT2D eigenvalue weighted by atomic mass is 9.26. The van der Waals surface area contributed by atoms with Crippen LogP contribution in [0, 0.1) is 16.6 Å². The second-order valence-electron chi connectivity index (χ2n) is 5.49. The van der Waals surface area contributed by atoms with Crippen LogP contribution in [0.5, 0.6) is 0 Å². The van der Waals surface area contributed by atoms with Crippen molar-refractivity contribution in [3.8, 4) is 5.97 Å². The maximum Gasteiger partial charge on any atom is 0.339 e. The van der Waals surface area contributed by atoms with E-state index in [1.165, 1.54) is 7.11 Å². The molecule has 0 radical (unpaired) electrons. The second-order valence-corrected chi connectivity index (χ2v) is 5.49. The maximum absolute atomic E-state index is 11.3. The number of carbonyl (C=O) groups is 1. The molecule has 0 amide bonds. The van der Waals surface area contributed by atoms with Gasteiger partial charge in [0, 0.05) is 25.3 Å². The molecule has 3 heterocycles. The van der Waals surface area contributed by atoms with Crippen molar-refractivity contribution in [2.75, 3.05) is 25.1 Å². The van der Waals surface area contributed by atoms with Gasteiger partial charge in [0.2, 0.25) is 0 Å². The van der Waals surface area contributed by atoms with E-state index >= 15 is 0 Å². The van der Waals surface area contributed by atoms with Crippen LogP contribution >= 0.6 is 0 Å². The zero-order valence-electron chi connectivity index (χ0n) is 10.8. The molecule has 3 rings (SSSR count). The number of aromatic nitrogens is 1. The summed E-state index contributed by atoms with van der Waals surface area (Å²) in [6.45, 7) is 2.18. The van der Waals surface area contributed by atoms with Crippen LogP contribution in [0.4, 0.5) is 5.82 Å². The highest BCUT2D eigenvalue weighted by atomic mass is 16.5. The standard InChI is InChI=1S/C13H14BN3O2/c1-19-12(18)10-2-3-11(16-4-10)17-7-13(8-17)5-14(6-13)9-15/h2-4H,5-8H2,1H3. The molecule has 0 unspecified atom stereocenters. The third-order valence-electron chi connectivity index (χ3n) is 4.09. The number of hydrogen-bond donors (Lipinski definition) is 0. The van der Waals surface area contributed by atoms with Crippen molar-refractivity contribution < 1.29 is 9.53 Å². The first-order chi connectivity index (χ1) is 9.15. The Bertz CT molecular complexity index is 538. The third-order valence-corrected chi connectivity index (χ3v) is 4.09. The highest BCUT2D eigenvalue weighted by Crippen LogP contribution is 2.50. The van der Waals surface area contributed by atoms with Crippen molar-refractivity contribution in [3.05, 3.63) is 23.9 Å². The minimum Gasteiger partial charge on any atom is -0.465 e. The van der Waals surface area contributed by atoms with Gasteiger partial charge in [-0.15, -0.1) is 0 Å². The molecule has 96 valence electrons. The summed E-state index contributed by atoms with van der Waals surface area (Å²) in [5.41, 5.74) is 0.818. The molecule has 2 aliphatic rings. The molecule has 0 bridgehead atoms. The molecule has 1 aromatic rings. The quantitative estimate of drug-likeness (QED) is 0.587. The summed E-state index contributed by atoms with van der Waals surface area (Å²) in [5.74, 6) is 2.84. The van der Waals surface area contributed by atoms with Crippen molar-refractivity contribution in [1.82, 2.24) is 4.98 Å². The summed E-state index contributed by atoms with van der Waals surface area (Å²) in [6.07, 6.45) is 3.57. The van der Waals surface area contributed by atoms with Gasteiger partial charge in [0.05, 0.1) is 12.7 Å². The molecule has 0 atom stereocenters. The fourth-order valence-electron chi connectivity index (χ4n) is 3.07. The minimum atomic E-state index is -0.366. The fraction of sp³-hybridized carbons (Fsp3) is 0.462. The van der Waals surface area contributed by atoms with Crippen LogP contribution in [0.15, 0.2) is 18.3 Å². The summed E-state index contributed by atoms with van der Waals surface area (Å²) in [6, 6.07) is 3.58. The topological polar surface area (TPSA) is 66.2 Å². The Morgan fingerprint density at radius 1 is 1.53 bits per heavy atom. The Kier molecular flexibility index (Phi) is 2.70. The Morgan fingerprint density at radius 2 is 2.26 bits per heavy atom. The van der Waals surface area contributed by atoms with Gasteiger partial charge in [-0.25, -0.2) is 15.0 Å². The van der Waals surface area contributed by atoms with Crippen LogP contribution < -0.4 is 4.90 Å². The number of esters is 1. The van der Waals surface area contributed by atoms with Gasteiger partial charge in [0.25, 0.3) is 6.71 Å². The minimum absolute atomic E-state index is 0.247. The number of anilines is 1. The van der Waals surface area contributed by atoms with Crippen LogP contribution in [0.3, 0.4) is 0 Å². The lowest BCUT2D eigenvalue weighted by molar-refractivity contribution is 0.0600. The van der Waals surface area contributed by atoms with Crippen molar-refractivity contribution in [2.24, 2.45) is 5.41 Å². The van der Waals surface area contributed by atoms with E-state index < -0.39 is 0 Å². The second kappa shape index (κ2) is 4.27. The lowest BCUT2D eigenvalue weighted by Gasteiger charge is -2.57. The van der Waals surface area contributed by atoms with Gasteiger partial charge < -0.3 is 9.64 Å². The van der Waals surface area contributed by atoms with Gasteiger partial charge >= 0.3 is 5.97 Å². The molecule has 1 aromatic heterocycles. The molecule has 0 aliphatic carbocycles. The third kappa shape index (κ3) is 1.95. The van der Waals surface area contributed by atoms with Gasteiger partial charge in [0.15, 0.2) is 0 Å². The summed E-state index contributed by atoms with van der Waals surface area (Å²) in [4.78, 5) is 17.8. The Balaban J connectivity index is 1.61. The Hall–Kier alpha value is -2.03. The zero-order valence-corrected chi connectivity index (χ0v) is 10.8. The number of nitriles is 1. The predicted octanol–water partition coefficient (Wildman–Crippen LogP) is 1.25. The SMILES string of the molecule is COC(=O)c1ccc(N2CC3(CB(C#N)C3)C2)nc1. The monoisotopic (exact) mass is 255 g/mol. The van der Waals surface area contributed by atoms with E-state index in [2.05, 4.69) is 20.6 Å². The molecule has 2 saturated heterocycles. The Labute approximate surface area is 112 Å². The van der Waals surface area contributed by atoms with Crippen LogP contribution in [0.1, 0.15) is 10.4 Å². The molecule has 5 nitrogen and oxygen atoms in total. The normalized spacial score (nSPS) is 19.4. The summed E-state index contributed by atoms with van der Waals surface area (Å²) in [7, 11) is 1.36. The highest BCUT2D eigenvalue weighted by molar-refractivity contribution is 6.70. The van der Waals surface area contributed by atoms with Crippen molar-refractivity contribution in [1.29, 1.82) is 5.26 Å². The number of rotatable bonds is 2. The molecule has 1 spiro atoms. The van der Waals surface area contributed by atoms with Crippen LogP contribution in [0.2, 0.25) is 12.6 Å². The molecule has 2 aliphatic heterocycles. The van der Waals surface area contributed by atoms with Gasteiger partial charge in [0.1, 0.15) is 5.82 Å². The first-order valence-electron chi connectivity index (χ1n) is 6.35. The van der Waals surface area contributed by atoms with Gasteiger partial charge in [-0.3, -0.25) is 0 Å². The lowest BCUT2D eigenvalue weighted by Crippen LogP contribution is -2.64. The molecule has 6 heteroatoms. The molecule has 19 heavy (non-hydrogen) atoms. The number of hydrogen-bond acceptors (Lipinski definition) is 5. The zero-order chi connectivity index (χ0) is 13.5. The van der Waals surface area contributed by atoms with Crippen LogP contribution in [0.25, 0.3) is 0 Å². The molecule has 2 fully saturated rings. The van der Waals surface area contributed by atoms with E-state index in [0.29, 0.717) is 11.0 Å². The number of ether oxygens (including phenoxy) is 1. The van der Waals surface area contributed by atoms with E-state index in [-0.39, 0.29) is 12.7 Å². The van der Waals surface area contributed by atoms with Gasteiger partial charge in [-0.2, -0.15) is 0 Å². The average Bonchev–Trinajstić information content (AvgIpc) is 2.36. The van der Waals surface area contributed by atoms with Gasteiger partial charge in [-0.05, 0) is 17.5 Å². The number of nitrogens with zero attached hydrogens (tertiary/aromatic N) is 3.